The molecule has 0 atom stereocenters. The molecule has 23 heavy (non-hydrogen) atoms. The summed E-state index contributed by atoms with van der Waals surface area (Å²) < 4.78 is 41.5. The van der Waals surface area contributed by atoms with E-state index in [4.69, 9.17) is 5.73 Å². The van der Waals surface area contributed by atoms with Gasteiger partial charge in [0.15, 0.2) is 0 Å². The lowest BCUT2D eigenvalue weighted by Gasteiger charge is -2.30. The number of aromatic amines is 1. The Kier molecular flexibility index (Phi) is 3.63. The van der Waals surface area contributed by atoms with Gasteiger partial charge in [0, 0.05) is 23.0 Å². The maximum absolute atomic E-state index is 13.9. The highest BCUT2D eigenvalue weighted by atomic mass is 32.2. The predicted octanol–water partition coefficient (Wildman–Crippen LogP) is 3.15. The molecule has 0 saturated heterocycles. The molecule has 1 heterocycles. The number of aromatic nitrogens is 1. The van der Waals surface area contributed by atoms with Gasteiger partial charge in [0.25, 0.3) is 10.0 Å². The third kappa shape index (κ3) is 2.81. The molecular formula is C16H20FN3O2S. The van der Waals surface area contributed by atoms with Gasteiger partial charge in [0.05, 0.1) is 5.69 Å². The molecule has 1 aliphatic carbocycles. The third-order valence-corrected chi connectivity index (χ3v) is 5.81. The summed E-state index contributed by atoms with van der Waals surface area (Å²) in [7, 11) is -3.86. The first-order valence-corrected chi connectivity index (χ1v) is 8.97. The van der Waals surface area contributed by atoms with Crippen LogP contribution in [0, 0.1) is 5.82 Å². The van der Waals surface area contributed by atoms with Crippen LogP contribution < -0.4 is 10.5 Å². The molecule has 5 nitrogen and oxygen atoms in total. The minimum atomic E-state index is -3.86. The summed E-state index contributed by atoms with van der Waals surface area (Å²) in [4.78, 5) is 3.29. The van der Waals surface area contributed by atoms with Crippen LogP contribution in [-0.2, 0) is 21.9 Å². The summed E-state index contributed by atoms with van der Waals surface area (Å²) in [5.41, 5.74) is 7.27. The number of rotatable bonds is 3. The second kappa shape index (κ2) is 5.26. The molecule has 0 amide bonds. The van der Waals surface area contributed by atoms with E-state index in [1.165, 1.54) is 18.3 Å². The topological polar surface area (TPSA) is 88.0 Å². The molecule has 124 valence electrons. The molecule has 1 aliphatic rings. The fourth-order valence-corrected chi connectivity index (χ4v) is 4.48. The Bertz CT molecular complexity index is 856. The number of fused-ring (bicyclic) bond motifs is 1. The average Bonchev–Trinajstić information content (AvgIpc) is 2.88. The van der Waals surface area contributed by atoms with Crippen LogP contribution in [0.4, 0.5) is 15.8 Å². The van der Waals surface area contributed by atoms with Gasteiger partial charge in [-0.15, -0.1) is 0 Å². The molecule has 2 aromatic rings. The van der Waals surface area contributed by atoms with E-state index in [0.717, 1.165) is 30.2 Å². The molecule has 1 aromatic carbocycles. The fourth-order valence-electron chi connectivity index (χ4n) is 3.17. The Morgan fingerprint density at radius 3 is 2.78 bits per heavy atom. The quantitative estimate of drug-likeness (QED) is 0.752. The summed E-state index contributed by atoms with van der Waals surface area (Å²) in [6, 6.07) is 3.87. The number of anilines is 2. The highest BCUT2D eigenvalue weighted by Gasteiger charge is 2.33. The van der Waals surface area contributed by atoms with Crippen molar-refractivity contribution in [2.45, 2.75) is 43.4 Å². The molecule has 0 aliphatic heterocycles. The lowest BCUT2D eigenvalue weighted by molar-refractivity contribution is 0.420. The largest absolute Gasteiger partial charge is 0.399 e. The smallest absolute Gasteiger partial charge is 0.263 e. The summed E-state index contributed by atoms with van der Waals surface area (Å²) in [6.07, 6.45) is 4.12. The summed E-state index contributed by atoms with van der Waals surface area (Å²) in [5, 5.41) is 0. The summed E-state index contributed by atoms with van der Waals surface area (Å²) in [6.45, 7) is 4.18. The van der Waals surface area contributed by atoms with Gasteiger partial charge in [-0.2, -0.15) is 0 Å². The Balaban J connectivity index is 2.00. The number of hydrogen-bond donors (Lipinski definition) is 3. The number of sulfonamides is 1. The van der Waals surface area contributed by atoms with Crippen LogP contribution in [0.3, 0.4) is 0 Å². The molecule has 7 heteroatoms. The highest BCUT2D eigenvalue weighted by molar-refractivity contribution is 7.92. The van der Waals surface area contributed by atoms with Crippen molar-refractivity contribution in [1.29, 1.82) is 0 Å². The van der Waals surface area contributed by atoms with Crippen molar-refractivity contribution in [3.8, 4) is 0 Å². The molecule has 1 aromatic heterocycles. The van der Waals surface area contributed by atoms with Gasteiger partial charge in [-0.1, -0.05) is 13.8 Å². The van der Waals surface area contributed by atoms with Crippen molar-refractivity contribution in [3.05, 3.63) is 41.5 Å². The molecule has 4 N–H and O–H groups in total. The number of nitrogens with one attached hydrogen (secondary N) is 2. The van der Waals surface area contributed by atoms with Crippen molar-refractivity contribution in [1.82, 2.24) is 4.98 Å². The van der Waals surface area contributed by atoms with Crippen molar-refractivity contribution in [2.75, 3.05) is 10.5 Å². The Labute approximate surface area is 135 Å². The zero-order valence-electron chi connectivity index (χ0n) is 13.1. The molecule has 0 fully saturated rings. The van der Waals surface area contributed by atoms with Gasteiger partial charge in [-0.3, -0.25) is 4.72 Å². The standard InChI is InChI=1S/C16H20FN3O2S/c1-16(2)7-3-4-11-14(9-19-15(11)16)23(21,22)20-13-6-5-10(18)8-12(13)17/h5-6,8-9,19-20H,3-4,7,18H2,1-2H3. The SMILES string of the molecule is CC1(C)CCCc2c(S(=O)(=O)Nc3ccc(N)cc3F)c[nH]c21. The van der Waals surface area contributed by atoms with Gasteiger partial charge < -0.3 is 10.7 Å². The van der Waals surface area contributed by atoms with Crippen molar-refractivity contribution in [2.24, 2.45) is 0 Å². The van der Waals surface area contributed by atoms with Crippen LogP contribution in [-0.4, -0.2) is 13.4 Å². The van der Waals surface area contributed by atoms with Crippen molar-refractivity contribution >= 4 is 21.4 Å². The molecule has 0 bridgehead atoms. The lowest BCUT2D eigenvalue weighted by atomic mass is 9.77. The van der Waals surface area contributed by atoms with Gasteiger partial charge in [-0.25, -0.2) is 12.8 Å². The van der Waals surface area contributed by atoms with Crippen LogP contribution >= 0.6 is 0 Å². The van der Waals surface area contributed by atoms with E-state index in [2.05, 4.69) is 23.6 Å². The maximum Gasteiger partial charge on any atom is 0.263 e. The number of nitrogens with two attached hydrogens (primary N) is 1. The second-order valence-corrected chi connectivity index (χ2v) is 8.24. The molecule has 3 rings (SSSR count). The first-order valence-electron chi connectivity index (χ1n) is 7.49. The number of H-pyrrole nitrogens is 1. The Morgan fingerprint density at radius 2 is 2.09 bits per heavy atom. The van der Waals surface area contributed by atoms with Gasteiger partial charge in [0.2, 0.25) is 0 Å². The molecule has 0 spiro atoms. The van der Waals surface area contributed by atoms with E-state index < -0.39 is 15.8 Å². The van der Waals surface area contributed by atoms with Crippen LogP contribution in [0.2, 0.25) is 0 Å². The summed E-state index contributed by atoms with van der Waals surface area (Å²) >= 11 is 0. The zero-order chi connectivity index (χ0) is 16.8. The van der Waals surface area contributed by atoms with E-state index in [1.54, 1.807) is 0 Å². The second-order valence-electron chi connectivity index (χ2n) is 6.59. The molecule has 0 unspecified atom stereocenters. The highest BCUT2D eigenvalue weighted by Crippen LogP contribution is 2.39. The van der Waals surface area contributed by atoms with Crippen LogP contribution in [0.15, 0.2) is 29.3 Å². The maximum atomic E-state index is 13.9. The Hall–Kier alpha value is -2.02. The number of benzene rings is 1. The monoisotopic (exact) mass is 337 g/mol. The lowest BCUT2D eigenvalue weighted by Crippen LogP contribution is -2.25. The van der Waals surface area contributed by atoms with Crippen LogP contribution in [0.1, 0.15) is 37.9 Å². The van der Waals surface area contributed by atoms with Crippen LogP contribution in [0.5, 0.6) is 0 Å². The molecular weight excluding hydrogens is 317 g/mol. The first-order chi connectivity index (χ1) is 10.7. The molecule has 0 radical (unpaired) electrons. The third-order valence-electron chi connectivity index (χ3n) is 4.38. The van der Waals surface area contributed by atoms with E-state index in [-0.39, 0.29) is 21.7 Å². The minimum absolute atomic E-state index is 0.0895. The predicted molar refractivity (Wildman–Crippen MR) is 88.4 cm³/mol. The number of hydrogen-bond acceptors (Lipinski definition) is 3. The van der Waals surface area contributed by atoms with Gasteiger partial charge >= 0.3 is 0 Å². The zero-order valence-corrected chi connectivity index (χ0v) is 13.9. The molecule has 0 saturated carbocycles. The normalized spacial score (nSPS) is 16.8. The summed E-state index contributed by atoms with van der Waals surface area (Å²) in [5.74, 6) is -0.696. The van der Waals surface area contributed by atoms with Gasteiger partial charge in [-0.05, 0) is 43.0 Å². The van der Waals surface area contributed by atoms with Crippen molar-refractivity contribution in [3.63, 3.8) is 0 Å². The van der Waals surface area contributed by atoms with Gasteiger partial charge in [0.1, 0.15) is 10.7 Å². The number of nitrogen functional groups attached to an aromatic ring is 1. The Morgan fingerprint density at radius 1 is 1.35 bits per heavy atom. The minimum Gasteiger partial charge on any atom is -0.399 e. The first kappa shape index (κ1) is 15.9. The van der Waals surface area contributed by atoms with E-state index in [0.29, 0.717) is 6.42 Å². The van der Waals surface area contributed by atoms with E-state index >= 15 is 0 Å². The average molecular weight is 337 g/mol. The van der Waals surface area contributed by atoms with Crippen molar-refractivity contribution < 1.29 is 12.8 Å². The fraction of sp³-hybridized carbons (Fsp3) is 0.375. The number of halogens is 1. The van der Waals surface area contributed by atoms with E-state index in [1.807, 2.05) is 0 Å². The van der Waals surface area contributed by atoms with E-state index in [9.17, 15) is 12.8 Å². The van der Waals surface area contributed by atoms with Crippen LogP contribution in [0.25, 0.3) is 0 Å².